The molecule has 0 aromatic rings. The molecule has 72 valence electrons. The highest BCUT2D eigenvalue weighted by atomic mass is 28.4. The van der Waals surface area contributed by atoms with Crippen molar-refractivity contribution in [3.63, 3.8) is 0 Å². The minimum atomic E-state index is -2.05. The van der Waals surface area contributed by atoms with Crippen LogP contribution in [0.5, 0.6) is 0 Å². The van der Waals surface area contributed by atoms with Gasteiger partial charge in [-0.25, -0.2) is 0 Å². The molecule has 13 heavy (non-hydrogen) atoms. The van der Waals surface area contributed by atoms with E-state index in [4.69, 9.17) is 4.12 Å². The molecule has 0 spiro atoms. The summed E-state index contributed by atoms with van der Waals surface area (Å²) in [4.78, 5) is 0. The molecule has 0 aromatic carbocycles. The van der Waals surface area contributed by atoms with Crippen LogP contribution in [0.3, 0.4) is 0 Å². The first kappa shape index (κ1) is 12.5. The van der Waals surface area contributed by atoms with Gasteiger partial charge in [-0.1, -0.05) is 11.1 Å². The van der Waals surface area contributed by atoms with Gasteiger partial charge in [0.15, 0.2) is 8.32 Å². The van der Waals surface area contributed by atoms with Crippen molar-refractivity contribution < 1.29 is 4.12 Å². The fourth-order valence-electron chi connectivity index (χ4n) is 1.17. The topological polar surface area (TPSA) is 9.23 Å². The second kappa shape index (κ2) is 4.67. The van der Waals surface area contributed by atoms with Crippen molar-refractivity contribution in [1.29, 1.82) is 0 Å². The largest absolute Gasteiger partial charge is 0.438 e. The maximum absolute atomic E-state index is 6.04. The van der Waals surface area contributed by atoms with Crippen molar-refractivity contribution in [2.45, 2.75) is 40.0 Å². The Hall–Kier alpha value is -0.486. The molecule has 0 radical (unpaired) electrons. The Labute approximate surface area is 84.1 Å². The molecule has 1 nitrogen and oxygen atoms in total. The van der Waals surface area contributed by atoms with Crippen molar-refractivity contribution in [2.75, 3.05) is 0 Å². The minimum absolute atomic E-state index is 1.51. The second-order valence-corrected chi connectivity index (χ2v) is 11.6. The first-order chi connectivity index (χ1) is 5.83. The fourth-order valence-corrected chi connectivity index (χ4v) is 7.50. The molecule has 0 unspecified atom stereocenters. The molecule has 0 aromatic heterocycles. The molecule has 0 bridgehead atoms. The number of hydrogen-bond acceptors (Lipinski definition) is 1. The summed E-state index contributed by atoms with van der Waals surface area (Å²) in [5.41, 5.74) is 6.29. The SMILES string of the molecule is CC#C[Si](C)(C#CC)O[Si](C)(C)C. The van der Waals surface area contributed by atoms with Crippen LogP contribution in [0, 0.1) is 22.9 Å². The zero-order valence-corrected chi connectivity index (χ0v) is 11.4. The summed E-state index contributed by atoms with van der Waals surface area (Å²) in [7, 11) is -3.56. The summed E-state index contributed by atoms with van der Waals surface area (Å²) < 4.78 is 6.04. The van der Waals surface area contributed by atoms with Gasteiger partial charge in [-0.3, -0.25) is 0 Å². The molecular weight excluding hydrogens is 192 g/mol. The number of hydrogen-bond donors (Lipinski definition) is 0. The molecule has 0 amide bonds. The summed E-state index contributed by atoms with van der Waals surface area (Å²) in [6.45, 7) is 12.3. The van der Waals surface area contributed by atoms with E-state index < -0.39 is 16.6 Å². The summed E-state index contributed by atoms with van der Waals surface area (Å²) in [6.07, 6.45) is 0. The Kier molecular flexibility index (Phi) is 4.49. The molecule has 0 rings (SSSR count). The Morgan fingerprint density at radius 1 is 0.846 bits per heavy atom. The highest BCUT2D eigenvalue weighted by molar-refractivity contribution is 6.94. The smallest absolute Gasteiger partial charge is 0.340 e. The van der Waals surface area contributed by atoms with Crippen molar-refractivity contribution >= 4 is 16.6 Å². The highest BCUT2D eigenvalue weighted by Gasteiger charge is 2.31. The van der Waals surface area contributed by atoms with Gasteiger partial charge in [0.1, 0.15) is 0 Å². The van der Waals surface area contributed by atoms with Crippen molar-refractivity contribution in [3.8, 4) is 22.9 Å². The van der Waals surface area contributed by atoms with Crippen molar-refractivity contribution in [3.05, 3.63) is 0 Å². The standard InChI is InChI=1S/C10H18OSi2/c1-7-9-13(6,10-8-2)11-12(3,4)5/h1-6H3. The van der Waals surface area contributed by atoms with Crippen LogP contribution in [-0.4, -0.2) is 16.6 Å². The monoisotopic (exact) mass is 210 g/mol. The maximum Gasteiger partial charge on any atom is 0.340 e. The Balaban J connectivity index is 4.75. The molecular formula is C10H18OSi2. The summed E-state index contributed by atoms with van der Waals surface area (Å²) in [5.74, 6) is 5.84. The maximum atomic E-state index is 6.04. The predicted molar refractivity (Wildman–Crippen MR) is 62.9 cm³/mol. The van der Waals surface area contributed by atoms with Gasteiger partial charge in [0.05, 0.1) is 0 Å². The van der Waals surface area contributed by atoms with Gasteiger partial charge in [-0.15, -0.1) is 11.8 Å². The van der Waals surface area contributed by atoms with Gasteiger partial charge in [0.2, 0.25) is 0 Å². The minimum Gasteiger partial charge on any atom is -0.438 e. The lowest BCUT2D eigenvalue weighted by Gasteiger charge is -2.25. The average Bonchev–Trinajstić information content (AvgIpc) is 1.82. The van der Waals surface area contributed by atoms with E-state index >= 15 is 0 Å². The molecule has 0 aliphatic carbocycles. The molecule has 0 atom stereocenters. The highest BCUT2D eigenvalue weighted by Crippen LogP contribution is 2.12. The summed E-state index contributed by atoms with van der Waals surface area (Å²) >= 11 is 0. The van der Waals surface area contributed by atoms with E-state index in [1.54, 1.807) is 0 Å². The lowest BCUT2D eigenvalue weighted by atomic mass is 10.8. The van der Waals surface area contributed by atoms with E-state index in [-0.39, 0.29) is 0 Å². The van der Waals surface area contributed by atoms with Gasteiger partial charge in [0, 0.05) is 0 Å². The third-order valence-electron chi connectivity index (χ3n) is 1.24. The molecule has 0 aliphatic rings. The zero-order valence-electron chi connectivity index (χ0n) is 9.41. The third kappa shape index (κ3) is 5.71. The Morgan fingerprint density at radius 3 is 1.46 bits per heavy atom. The normalized spacial score (nSPS) is 10.9. The molecule has 0 heterocycles. The Morgan fingerprint density at radius 2 is 1.23 bits per heavy atom. The summed E-state index contributed by atoms with van der Waals surface area (Å²) in [5, 5.41) is 0. The van der Waals surface area contributed by atoms with Crippen LogP contribution in [0.4, 0.5) is 0 Å². The Bertz CT molecular complexity index is 260. The second-order valence-electron chi connectivity index (χ2n) is 4.00. The third-order valence-corrected chi connectivity index (χ3v) is 6.77. The number of rotatable bonds is 2. The van der Waals surface area contributed by atoms with Crippen molar-refractivity contribution in [1.82, 2.24) is 0 Å². The lowest BCUT2D eigenvalue weighted by molar-refractivity contribution is 0.575. The van der Waals surface area contributed by atoms with E-state index in [0.717, 1.165) is 0 Å². The van der Waals surface area contributed by atoms with Crippen LogP contribution in [0.15, 0.2) is 0 Å². The zero-order chi connectivity index (χ0) is 10.5. The van der Waals surface area contributed by atoms with Gasteiger partial charge in [-0.05, 0) is 40.0 Å². The van der Waals surface area contributed by atoms with Crippen LogP contribution in [0.1, 0.15) is 13.8 Å². The molecule has 0 saturated heterocycles. The average molecular weight is 210 g/mol. The van der Waals surface area contributed by atoms with E-state index in [9.17, 15) is 0 Å². The van der Waals surface area contributed by atoms with Gasteiger partial charge in [0.25, 0.3) is 0 Å². The summed E-state index contributed by atoms with van der Waals surface area (Å²) in [6, 6.07) is 0. The van der Waals surface area contributed by atoms with Crippen LogP contribution in [0.25, 0.3) is 0 Å². The van der Waals surface area contributed by atoms with Crippen molar-refractivity contribution in [2.24, 2.45) is 0 Å². The molecule has 0 fully saturated rings. The first-order valence-corrected chi connectivity index (χ1v) is 10.2. The van der Waals surface area contributed by atoms with Crippen LogP contribution >= 0.6 is 0 Å². The quantitative estimate of drug-likeness (QED) is 0.503. The van der Waals surface area contributed by atoms with E-state index in [2.05, 4.69) is 49.1 Å². The molecule has 0 saturated carbocycles. The van der Waals surface area contributed by atoms with E-state index in [0.29, 0.717) is 0 Å². The molecule has 3 heteroatoms. The molecule has 0 aliphatic heterocycles. The molecule has 0 N–H and O–H groups in total. The van der Waals surface area contributed by atoms with Gasteiger partial charge < -0.3 is 4.12 Å². The van der Waals surface area contributed by atoms with Gasteiger partial charge >= 0.3 is 8.32 Å². The lowest BCUT2D eigenvalue weighted by Crippen LogP contribution is -2.43. The first-order valence-electron chi connectivity index (χ1n) is 4.41. The van der Waals surface area contributed by atoms with Crippen LogP contribution < -0.4 is 0 Å². The predicted octanol–water partition coefficient (Wildman–Crippen LogP) is 2.54. The fraction of sp³-hybridized carbons (Fsp3) is 0.600. The van der Waals surface area contributed by atoms with Crippen LogP contribution in [0.2, 0.25) is 26.2 Å². The van der Waals surface area contributed by atoms with Crippen LogP contribution in [-0.2, 0) is 4.12 Å². The van der Waals surface area contributed by atoms with E-state index in [1.165, 1.54) is 0 Å². The van der Waals surface area contributed by atoms with Gasteiger partial charge in [-0.2, -0.15) is 0 Å². The van der Waals surface area contributed by atoms with E-state index in [1.807, 2.05) is 13.8 Å².